The topological polar surface area (TPSA) is 43.8 Å². The summed E-state index contributed by atoms with van der Waals surface area (Å²) in [7, 11) is 0. The summed E-state index contributed by atoms with van der Waals surface area (Å²) >= 11 is 7.48. The predicted molar refractivity (Wildman–Crippen MR) is 88.8 cm³/mol. The molecule has 0 aliphatic heterocycles. The van der Waals surface area contributed by atoms with Crippen molar-refractivity contribution in [1.82, 2.24) is 9.66 Å². The number of imidazole rings is 1. The van der Waals surface area contributed by atoms with Crippen LogP contribution >= 0.6 is 23.4 Å². The zero-order chi connectivity index (χ0) is 15.5. The fraction of sp³-hybridized carbons (Fsp3) is 0.0625. The Kier molecular flexibility index (Phi) is 4.36. The van der Waals surface area contributed by atoms with Gasteiger partial charge in [-0.05, 0) is 17.7 Å². The lowest BCUT2D eigenvalue weighted by Crippen LogP contribution is -2.07. The van der Waals surface area contributed by atoms with Gasteiger partial charge in [-0.15, -0.1) is 0 Å². The van der Waals surface area contributed by atoms with E-state index in [0.29, 0.717) is 15.9 Å². The van der Waals surface area contributed by atoms with Gasteiger partial charge in [0.2, 0.25) is 0 Å². The molecule has 0 radical (unpaired) electrons. The van der Waals surface area contributed by atoms with Crippen molar-refractivity contribution in [1.29, 1.82) is 0 Å². The van der Waals surface area contributed by atoms with Gasteiger partial charge in [0.25, 0.3) is 0 Å². The number of hydrogen-bond donors (Lipinski definition) is 1. The Morgan fingerprint density at radius 3 is 2.68 bits per heavy atom. The molecule has 3 rings (SSSR count). The average Bonchev–Trinajstić information content (AvgIpc) is 2.88. The van der Waals surface area contributed by atoms with E-state index in [2.05, 4.69) is 4.98 Å². The second kappa shape index (κ2) is 6.42. The number of halogens is 2. The summed E-state index contributed by atoms with van der Waals surface area (Å²) in [5, 5.41) is 1.09. The van der Waals surface area contributed by atoms with Gasteiger partial charge in [-0.3, -0.25) is 0 Å². The molecule has 0 bridgehead atoms. The quantitative estimate of drug-likeness (QED) is 0.570. The molecular weight excluding hydrogens is 321 g/mol. The number of rotatable bonds is 4. The van der Waals surface area contributed by atoms with E-state index in [9.17, 15) is 4.39 Å². The lowest BCUT2D eigenvalue weighted by molar-refractivity contribution is 0.627. The van der Waals surface area contributed by atoms with Crippen molar-refractivity contribution in [2.45, 2.75) is 10.9 Å². The van der Waals surface area contributed by atoms with Crippen LogP contribution in [-0.4, -0.2) is 9.66 Å². The molecule has 3 aromatic rings. The highest BCUT2D eigenvalue weighted by Crippen LogP contribution is 2.28. The Labute approximate surface area is 136 Å². The summed E-state index contributed by atoms with van der Waals surface area (Å²) < 4.78 is 14.5. The Bertz CT molecular complexity index is 789. The molecule has 0 aliphatic carbocycles. The lowest BCUT2D eigenvalue weighted by atomic mass is 10.2. The lowest BCUT2D eigenvalue weighted by Gasteiger charge is -2.04. The molecule has 0 fully saturated rings. The van der Waals surface area contributed by atoms with Gasteiger partial charge in [0.05, 0.1) is 11.9 Å². The van der Waals surface area contributed by atoms with Crippen LogP contribution < -0.4 is 5.84 Å². The molecule has 112 valence electrons. The summed E-state index contributed by atoms with van der Waals surface area (Å²) in [6.45, 7) is 0. The molecule has 6 heteroatoms. The molecule has 1 heterocycles. The van der Waals surface area contributed by atoms with Crippen LogP contribution in [0.25, 0.3) is 11.3 Å². The number of benzene rings is 2. The van der Waals surface area contributed by atoms with Crippen molar-refractivity contribution in [2.24, 2.45) is 0 Å². The van der Waals surface area contributed by atoms with Gasteiger partial charge in [0.1, 0.15) is 5.82 Å². The number of nitrogen functional groups attached to an aromatic ring is 1. The standard InChI is InChI=1S/C16H13ClFN3S/c17-14-8-13(18)7-6-12(14)10-22-16-20-15(9-21(16)19)11-4-2-1-3-5-11/h1-9H,10,19H2. The highest BCUT2D eigenvalue weighted by Gasteiger charge is 2.10. The maximum atomic E-state index is 13.0. The van der Waals surface area contributed by atoms with Gasteiger partial charge in [-0.25, -0.2) is 14.1 Å². The Morgan fingerprint density at radius 2 is 1.95 bits per heavy atom. The molecule has 3 nitrogen and oxygen atoms in total. The number of nitrogens with zero attached hydrogens (tertiary/aromatic N) is 2. The molecule has 0 spiro atoms. The van der Waals surface area contributed by atoms with E-state index in [4.69, 9.17) is 17.4 Å². The third kappa shape index (κ3) is 3.26. The summed E-state index contributed by atoms with van der Waals surface area (Å²) in [5.74, 6) is 6.17. The van der Waals surface area contributed by atoms with Gasteiger partial charge in [0.15, 0.2) is 5.16 Å². The summed E-state index contributed by atoms with van der Waals surface area (Å²) in [5.41, 5.74) is 2.67. The molecule has 0 amide bonds. The summed E-state index contributed by atoms with van der Waals surface area (Å²) in [6.07, 6.45) is 1.78. The van der Waals surface area contributed by atoms with E-state index >= 15 is 0 Å². The first-order chi connectivity index (χ1) is 10.6. The van der Waals surface area contributed by atoms with Gasteiger partial charge in [-0.1, -0.05) is 59.8 Å². The zero-order valence-electron chi connectivity index (χ0n) is 11.5. The Balaban J connectivity index is 1.77. The highest BCUT2D eigenvalue weighted by atomic mass is 35.5. The highest BCUT2D eigenvalue weighted by molar-refractivity contribution is 7.98. The fourth-order valence-corrected chi connectivity index (χ4v) is 3.23. The summed E-state index contributed by atoms with van der Waals surface area (Å²) in [4.78, 5) is 4.53. The average molecular weight is 334 g/mol. The van der Waals surface area contributed by atoms with E-state index in [-0.39, 0.29) is 5.82 Å². The van der Waals surface area contributed by atoms with Crippen molar-refractivity contribution in [3.63, 3.8) is 0 Å². The smallest absolute Gasteiger partial charge is 0.187 e. The third-order valence-corrected chi connectivity index (χ3v) is 4.51. The first-order valence-corrected chi connectivity index (χ1v) is 7.96. The largest absolute Gasteiger partial charge is 0.337 e. The molecular formula is C16H13ClFN3S. The number of hydrogen-bond acceptors (Lipinski definition) is 3. The molecule has 0 atom stereocenters. The van der Waals surface area contributed by atoms with Crippen molar-refractivity contribution in [2.75, 3.05) is 5.84 Å². The molecule has 2 aromatic carbocycles. The van der Waals surface area contributed by atoms with E-state index in [1.54, 1.807) is 12.3 Å². The van der Waals surface area contributed by atoms with Gasteiger partial charge >= 0.3 is 0 Å². The van der Waals surface area contributed by atoms with E-state index in [0.717, 1.165) is 16.8 Å². The number of aromatic nitrogens is 2. The second-order valence-electron chi connectivity index (χ2n) is 4.71. The van der Waals surface area contributed by atoms with Crippen LogP contribution in [0.1, 0.15) is 5.56 Å². The molecule has 0 aliphatic rings. The molecule has 0 saturated carbocycles. The minimum Gasteiger partial charge on any atom is -0.337 e. The van der Waals surface area contributed by atoms with E-state index in [1.165, 1.54) is 28.6 Å². The van der Waals surface area contributed by atoms with Crippen LogP contribution in [0.2, 0.25) is 5.02 Å². The maximum Gasteiger partial charge on any atom is 0.187 e. The monoisotopic (exact) mass is 333 g/mol. The second-order valence-corrected chi connectivity index (χ2v) is 6.06. The summed E-state index contributed by atoms with van der Waals surface area (Å²) in [6, 6.07) is 14.2. The van der Waals surface area contributed by atoms with Crippen LogP contribution in [0.15, 0.2) is 59.9 Å². The first-order valence-electron chi connectivity index (χ1n) is 6.60. The van der Waals surface area contributed by atoms with Crippen molar-refractivity contribution in [3.05, 3.63) is 71.1 Å². The normalized spacial score (nSPS) is 10.8. The van der Waals surface area contributed by atoms with Gasteiger partial charge in [-0.2, -0.15) is 0 Å². The molecule has 0 unspecified atom stereocenters. The molecule has 1 aromatic heterocycles. The number of thioether (sulfide) groups is 1. The van der Waals surface area contributed by atoms with Gasteiger partial charge < -0.3 is 5.84 Å². The molecule has 22 heavy (non-hydrogen) atoms. The zero-order valence-corrected chi connectivity index (χ0v) is 13.1. The first kappa shape index (κ1) is 14.9. The Morgan fingerprint density at radius 1 is 1.18 bits per heavy atom. The van der Waals surface area contributed by atoms with Crippen LogP contribution in [-0.2, 0) is 5.75 Å². The molecule has 0 saturated heterocycles. The van der Waals surface area contributed by atoms with E-state index < -0.39 is 0 Å². The Hall–Kier alpha value is -1.98. The van der Waals surface area contributed by atoms with Crippen molar-refractivity contribution >= 4 is 23.4 Å². The van der Waals surface area contributed by atoms with Crippen LogP contribution in [0.5, 0.6) is 0 Å². The van der Waals surface area contributed by atoms with Crippen LogP contribution in [0.4, 0.5) is 4.39 Å². The van der Waals surface area contributed by atoms with Gasteiger partial charge in [0, 0.05) is 16.3 Å². The minimum atomic E-state index is -0.342. The van der Waals surface area contributed by atoms with Crippen molar-refractivity contribution < 1.29 is 4.39 Å². The molecule has 2 N–H and O–H groups in total. The van der Waals surface area contributed by atoms with Crippen molar-refractivity contribution in [3.8, 4) is 11.3 Å². The fourth-order valence-electron chi connectivity index (χ4n) is 2.01. The minimum absolute atomic E-state index is 0.342. The third-order valence-electron chi connectivity index (χ3n) is 3.14. The maximum absolute atomic E-state index is 13.0. The van der Waals surface area contributed by atoms with Crippen LogP contribution in [0.3, 0.4) is 0 Å². The van der Waals surface area contributed by atoms with Crippen LogP contribution in [0, 0.1) is 5.82 Å². The predicted octanol–water partition coefficient (Wildman–Crippen LogP) is 4.35. The number of nitrogens with two attached hydrogens (primary N) is 1. The SMILES string of the molecule is Nn1cc(-c2ccccc2)nc1SCc1ccc(F)cc1Cl. The van der Waals surface area contributed by atoms with E-state index in [1.807, 2.05) is 30.3 Å².